The van der Waals surface area contributed by atoms with Gasteiger partial charge in [0.25, 0.3) is 0 Å². The van der Waals surface area contributed by atoms with E-state index in [4.69, 9.17) is 11.5 Å². The molecule has 88 valence electrons. The number of ketones is 2. The third-order valence-electron chi connectivity index (χ3n) is 2.15. The van der Waals surface area contributed by atoms with Crippen LogP contribution in [0.1, 0.15) is 52.4 Å². The van der Waals surface area contributed by atoms with E-state index in [0.717, 1.165) is 6.42 Å². The zero-order valence-corrected chi connectivity index (χ0v) is 9.71. The maximum atomic E-state index is 11.3. The summed E-state index contributed by atoms with van der Waals surface area (Å²) in [4.78, 5) is 22.5. The van der Waals surface area contributed by atoms with Crippen LogP contribution < -0.4 is 11.5 Å². The van der Waals surface area contributed by atoms with E-state index < -0.39 is 5.66 Å². The molecule has 0 aromatic rings. The highest BCUT2D eigenvalue weighted by atomic mass is 16.1. The molecule has 0 bridgehead atoms. The number of rotatable bonds is 8. The van der Waals surface area contributed by atoms with Gasteiger partial charge in [0.2, 0.25) is 0 Å². The molecule has 0 saturated carbocycles. The minimum absolute atomic E-state index is 0.0709. The largest absolute Gasteiger partial charge is 0.314 e. The van der Waals surface area contributed by atoms with E-state index in [2.05, 4.69) is 0 Å². The Bertz CT molecular complexity index is 219. The Balaban J connectivity index is 3.62. The fourth-order valence-electron chi connectivity index (χ4n) is 1.22. The topological polar surface area (TPSA) is 86.2 Å². The van der Waals surface area contributed by atoms with Crippen molar-refractivity contribution >= 4 is 11.6 Å². The van der Waals surface area contributed by atoms with Crippen LogP contribution in [0.3, 0.4) is 0 Å². The summed E-state index contributed by atoms with van der Waals surface area (Å²) in [6.45, 7) is 3.64. The monoisotopic (exact) mass is 214 g/mol. The van der Waals surface area contributed by atoms with Gasteiger partial charge < -0.3 is 11.5 Å². The summed E-state index contributed by atoms with van der Waals surface area (Å²) >= 11 is 0. The first kappa shape index (κ1) is 14.3. The molecule has 15 heavy (non-hydrogen) atoms. The average molecular weight is 214 g/mol. The van der Waals surface area contributed by atoms with Crippen LogP contribution >= 0.6 is 0 Å². The molecule has 0 aliphatic heterocycles. The van der Waals surface area contributed by atoms with Crippen molar-refractivity contribution in [3.8, 4) is 0 Å². The lowest BCUT2D eigenvalue weighted by atomic mass is 10.0. The van der Waals surface area contributed by atoms with Crippen LogP contribution in [0.15, 0.2) is 0 Å². The van der Waals surface area contributed by atoms with E-state index in [0.29, 0.717) is 32.1 Å². The van der Waals surface area contributed by atoms with E-state index in [9.17, 15) is 9.59 Å². The SMILES string of the molecule is CCCC(=O)CCC(=O)CCC(C)(N)N. The van der Waals surface area contributed by atoms with Crippen molar-refractivity contribution in [2.45, 2.75) is 58.0 Å². The highest BCUT2D eigenvalue weighted by Crippen LogP contribution is 2.06. The predicted molar refractivity (Wildman–Crippen MR) is 60.2 cm³/mol. The first-order chi connectivity index (χ1) is 6.85. The molecule has 0 saturated heterocycles. The smallest absolute Gasteiger partial charge is 0.133 e. The highest BCUT2D eigenvalue weighted by Gasteiger charge is 2.14. The summed E-state index contributed by atoms with van der Waals surface area (Å²) in [5.74, 6) is 0.232. The molecule has 4 heteroatoms. The number of carbonyl (C=O) groups is 2. The second-order valence-corrected chi connectivity index (χ2v) is 4.33. The van der Waals surface area contributed by atoms with Crippen LogP contribution in [-0.4, -0.2) is 17.2 Å². The maximum Gasteiger partial charge on any atom is 0.133 e. The summed E-state index contributed by atoms with van der Waals surface area (Å²) in [7, 11) is 0. The van der Waals surface area contributed by atoms with Crippen LogP contribution in [0, 0.1) is 0 Å². The van der Waals surface area contributed by atoms with Crippen molar-refractivity contribution in [3.05, 3.63) is 0 Å². The third-order valence-corrected chi connectivity index (χ3v) is 2.15. The van der Waals surface area contributed by atoms with E-state index in [-0.39, 0.29) is 11.6 Å². The Morgan fingerprint density at radius 2 is 1.47 bits per heavy atom. The van der Waals surface area contributed by atoms with Gasteiger partial charge >= 0.3 is 0 Å². The van der Waals surface area contributed by atoms with Crippen molar-refractivity contribution in [2.75, 3.05) is 0 Å². The van der Waals surface area contributed by atoms with Crippen molar-refractivity contribution in [3.63, 3.8) is 0 Å². The molecule has 0 spiro atoms. The van der Waals surface area contributed by atoms with Gasteiger partial charge in [0.1, 0.15) is 11.6 Å². The predicted octanol–water partition coefficient (Wildman–Crippen LogP) is 1.12. The lowest BCUT2D eigenvalue weighted by molar-refractivity contribution is -0.124. The molecule has 0 rings (SSSR count). The van der Waals surface area contributed by atoms with E-state index in [1.807, 2.05) is 6.92 Å². The first-order valence-electron chi connectivity index (χ1n) is 5.46. The number of Topliss-reactive ketones (excluding diaryl/α,β-unsaturated/α-hetero) is 2. The van der Waals surface area contributed by atoms with Gasteiger partial charge in [-0.25, -0.2) is 0 Å². The van der Waals surface area contributed by atoms with Gasteiger partial charge in [0.15, 0.2) is 0 Å². The van der Waals surface area contributed by atoms with Gasteiger partial charge in [-0.15, -0.1) is 0 Å². The molecular weight excluding hydrogens is 192 g/mol. The van der Waals surface area contributed by atoms with Gasteiger partial charge in [-0.1, -0.05) is 6.92 Å². The van der Waals surface area contributed by atoms with Crippen molar-refractivity contribution in [1.82, 2.24) is 0 Å². The molecule has 4 N–H and O–H groups in total. The Morgan fingerprint density at radius 1 is 1.00 bits per heavy atom. The molecule has 0 aliphatic carbocycles. The Hall–Kier alpha value is -0.740. The standard InChI is InChI=1S/C11H22N2O2/c1-3-4-9(14)5-6-10(15)7-8-11(2,12)13/h3-8,12-13H2,1-2H3. The molecule has 0 aromatic carbocycles. The molecule has 0 atom stereocenters. The molecule has 0 fully saturated rings. The summed E-state index contributed by atoms with van der Waals surface area (Å²) in [5.41, 5.74) is 10.3. The lowest BCUT2D eigenvalue weighted by Crippen LogP contribution is -2.46. The highest BCUT2D eigenvalue weighted by molar-refractivity contribution is 5.85. The van der Waals surface area contributed by atoms with Crippen molar-refractivity contribution in [1.29, 1.82) is 0 Å². The minimum Gasteiger partial charge on any atom is -0.314 e. The maximum absolute atomic E-state index is 11.3. The Labute approximate surface area is 91.4 Å². The van der Waals surface area contributed by atoms with Gasteiger partial charge in [0.05, 0.1) is 5.66 Å². The molecule has 0 radical (unpaired) electrons. The minimum atomic E-state index is -0.789. The first-order valence-corrected chi connectivity index (χ1v) is 5.46. The van der Waals surface area contributed by atoms with Crippen LogP contribution in [0.25, 0.3) is 0 Å². The lowest BCUT2D eigenvalue weighted by Gasteiger charge is -2.17. The Kier molecular flexibility index (Phi) is 6.36. The zero-order valence-electron chi connectivity index (χ0n) is 9.71. The number of nitrogens with two attached hydrogens (primary N) is 2. The third kappa shape index (κ3) is 9.56. The fraction of sp³-hybridized carbons (Fsp3) is 0.818. The van der Waals surface area contributed by atoms with Gasteiger partial charge in [0, 0.05) is 25.7 Å². The molecule has 0 aliphatic rings. The molecule has 4 nitrogen and oxygen atoms in total. The summed E-state index contributed by atoms with van der Waals surface area (Å²) in [6.07, 6.45) is 2.93. The molecule has 0 heterocycles. The number of hydrogen-bond acceptors (Lipinski definition) is 4. The van der Waals surface area contributed by atoms with Crippen LogP contribution in [-0.2, 0) is 9.59 Å². The summed E-state index contributed by atoms with van der Waals surface area (Å²) < 4.78 is 0. The molecular formula is C11H22N2O2. The van der Waals surface area contributed by atoms with Crippen molar-refractivity contribution < 1.29 is 9.59 Å². The number of carbonyl (C=O) groups excluding carboxylic acids is 2. The number of hydrogen-bond donors (Lipinski definition) is 2. The van der Waals surface area contributed by atoms with Crippen LogP contribution in [0.2, 0.25) is 0 Å². The normalized spacial score (nSPS) is 11.5. The van der Waals surface area contributed by atoms with E-state index >= 15 is 0 Å². The van der Waals surface area contributed by atoms with Gasteiger partial charge in [-0.2, -0.15) is 0 Å². The fourth-order valence-corrected chi connectivity index (χ4v) is 1.22. The second-order valence-electron chi connectivity index (χ2n) is 4.33. The van der Waals surface area contributed by atoms with Crippen LogP contribution in [0.5, 0.6) is 0 Å². The second kappa shape index (κ2) is 6.69. The summed E-state index contributed by atoms with van der Waals surface area (Å²) in [6, 6.07) is 0. The molecule has 0 amide bonds. The van der Waals surface area contributed by atoms with Gasteiger partial charge in [-0.3, -0.25) is 9.59 Å². The summed E-state index contributed by atoms with van der Waals surface area (Å²) in [5, 5.41) is 0. The molecule has 0 unspecified atom stereocenters. The van der Waals surface area contributed by atoms with Crippen LogP contribution in [0.4, 0.5) is 0 Å². The molecule has 0 aromatic heterocycles. The quantitative estimate of drug-likeness (QED) is 0.593. The van der Waals surface area contributed by atoms with Gasteiger partial charge in [-0.05, 0) is 19.8 Å². The van der Waals surface area contributed by atoms with E-state index in [1.54, 1.807) is 6.92 Å². The average Bonchev–Trinajstić information content (AvgIpc) is 2.11. The zero-order chi connectivity index (χ0) is 11.9. The van der Waals surface area contributed by atoms with Crippen molar-refractivity contribution in [2.24, 2.45) is 11.5 Å². The Morgan fingerprint density at radius 3 is 1.87 bits per heavy atom. The van der Waals surface area contributed by atoms with E-state index in [1.165, 1.54) is 0 Å².